The Kier molecular flexibility index (Phi) is 7.76. The van der Waals surface area contributed by atoms with Gasteiger partial charge in [0.1, 0.15) is 4.21 Å². The standard InChI is InChI=1S/C31H37NO5S2/c1-5-20-15-23(22-11-10-21-12-13-37-18-24(21)16-22)14-19(2)27(20)17-28(33)32-39(35,36)30-26-9-7-6-8-25(26)29(38-30)31(3,4)34/h10-11,14-16,34H,5-9,12-13,17-18H2,1-4H3,(H,32,33). The van der Waals surface area contributed by atoms with E-state index < -0.39 is 21.5 Å². The highest BCUT2D eigenvalue weighted by molar-refractivity contribution is 7.92. The first kappa shape index (κ1) is 28.0. The molecule has 2 heterocycles. The van der Waals surface area contributed by atoms with Gasteiger partial charge in [0.2, 0.25) is 5.91 Å². The molecular formula is C31H37NO5S2. The second kappa shape index (κ2) is 10.8. The maximum Gasteiger partial charge on any atom is 0.273 e. The molecule has 1 amide bonds. The molecule has 0 saturated carbocycles. The summed E-state index contributed by atoms with van der Waals surface area (Å²) in [5, 5.41) is 10.7. The topological polar surface area (TPSA) is 92.7 Å². The van der Waals surface area contributed by atoms with Crippen LogP contribution in [0.15, 0.2) is 34.5 Å². The zero-order chi connectivity index (χ0) is 27.9. The summed E-state index contributed by atoms with van der Waals surface area (Å²) in [6, 6.07) is 10.7. The van der Waals surface area contributed by atoms with Crippen molar-refractivity contribution in [3.8, 4) is 11.1 Å². The summed E-state index contributed by atoms with van der Waals surface area (Å²) in [5.74, 6) is -0.547. The molecule has 6 nitrogen and oxygen atoms in total. The number of carbonyl (C=O) groups is 1. The zero-order valence-electron chi connectivity index (χ0n) is 23.1. The van der Waals surface area contributed by atoms with Crippen molar-refractivity contribution in [1.82, 2.24) is 4.72 Å². The summed E-state index contributed by atoms with van der Waals surface area (Å²) >= 11 is 1.10. The van der Waals surface area contributed by atoms with Crippen LogP contribution in [0.2, 0.25) is 0 Å². The second-order valence-electron chi connectivity index (χ2n) is 11.2. The van der Waals surface area contributed by atoms with Crippen LogP contribution in [0.5, 0.6) is 0 Å². The first-order chi connectivity index (χ1) is 18.5. The molecule has 2 aromatic carbocycles. The maximum absolute atomic E-state index is 13.4. The summed E-state index contributed by atoms with van der Waals surface area (Å²) in [4.78, 5) is 13.8. The Labute approximate surface area is 235 Å². The van der Waals surface area contributed by atoms with Gasteiger partial charge >= 0.3 is 0 Å². The van der Waals surface area contributed by atoms with Gasteiger partial charge in [-0.25, -0.2) is 13.1 Å². The number of thiophene rings is 1. The number of amides is 1. The smallest absolute Gasteiger partial charge is 0.273 e. The molecule has 208 valence electrons. The number of nitrogens with one attached hydrogen (secondary N) is 1. The lowest BCUT2D eigenvalue weighted by molar-refractivity contribution is -0.118. The first-order valence-corrected chi connectivity index (χ1v) is 16.0. The molecule has 2 N–H and O–H groups in total. The molecule has 0 saturated heterocycles. The van der Waals surface area contributed by atoms with E-state index in [1.54, 1.807) is 13.8 Å². The van der Waals surface area contributed by atoms with Crippen LogP contribution in [0.4, 0.5) is 0 Å². The van der Waals surface area contributed by atoms with Crippen LogP contribution >= 0.6 is 11.3 Å². The molecular weight excluding hydrogens is 530 g/mol. The lowest BCUT2D eigenvalue weighted by Gasteiger charge is -2.20. The fourth-order valence-corrected chi connectivity index (χ4v) is 8.83. The van der Waals surface area contributed by atoms with Gasteiger partial charge in [0.15, 0.2) is 0 Å². The third kappa shape index (κ3) is 5.71. The fraction of sp³-hybridized carbons (Fsp3) is 0.452. The van der Waals surface area contributed by atoms with E-state index in [0.29, 0.717) is 17.9 Å². The van der Waals surface area contributed by atoms with Crippen molar-refractivity contribution in [2.45, 2.75) is 89.1 Å². The predicted octanol–water partition coefficient (Wildman–Crippen LogP) is 5.51. The Balaban J connectivity index is 1.40. The van der Waals surface area contributed by atoms with Gasteiger partial charge in [-0.1, -0.05) is 31.2 Å². The molecule has 8 heteroatoms. The van der Waals surface area contributed by atoms with E-state index in [4.69, 9.17) is 4.74 Å². The summed E-state index contributed by atoms with van der Waals surface area (Å²) in [5.41, 5.74) is 8.14. The Bertz CT molecular complexity index is 1530. The summed E-state index contributed by atoms with van der Waals surface area (Å²) < 4.78 is 35.0. The van der Waals surface area contributed by atoms with E-state index in [1.165, 1.54) is 11.1 Å². The van der Waals surface area contributed by atoms with Crippen LogP contribution in [0.1, 0.15) is 77.4 Å². The monoisotopic (exact) mass is 567 g/mol. The minimum Gasteiger partial charge on any atom is -0.385 e. The number of ether oxygens (including phenoxy) is 1. The van der Waals surface area contributed by atoms with Gasteiger partial charge < -0.3 is 9.84 Å². The van der Waals surface area contributed by atoms with Gasteiger partial charge in [-0.15, -0.1) is 11.3 Å². The van der Waals surface area contributed by atoms with E-state index in [9.17, 15) is 18.3 Å². The van der Waals surface area contributed by atoms with E-state index in [2.05, 4.69) is 35.1 Å². The molecule has 5 rings (SSSR count). The molecule has 1 aliphatic carbocycles. The number of hydrogen-bond donors (Lipinski definition) is 2. The van der Waals surface area contributed by atoms with Crippen molar-refractivity contribution in [3.63, 3.8) is 0 Å². The molecule has 0 spiro atoms. The van der Waals surface area contributed by atoms with Crippen molar-refractivity contribution >= 4 is 27.3 Å². The number of hydrogen-bond acceptors (Lipinski definition) is 6. The molecule has 39 heavy (non-hydrogen) atoms. The van der Waals surface area contributed by atoms with Crippen molar-refractivity contribution in [3.05, 3.63) is 74.2 Å². The first-order valence-electron chi connectivity index (χ1n) is 13.7. The van der Waals surface area contributed by atoms with E-state index in [0.717, 1.165) is 89.0 Å². The lowest BCUT2D eigenvalue weighted by atomic mass is 9.90. The lowest BCUT2D eigenvalue weighted by Crippen LogP contribution is -2.32. The zero-order valence-corrected chi connectivity index (χ0v) is 24.8. The molecule has 0 bridgehead atoms. The van der Waals surface area contributed by atoms with Crippen LogP contribution in [0.25, 0.3) is 11.1 Å². The van der Waals surface area contributed by atoms with Gasteiger partial charge in [0.05, 0.1) is 25.2 Å². The Hall–Kier alpha value is -2.52. The Morgan fingerprint density at radius 1 is 1.05 bits per heavy atom. The highest BCUT2D eigenvalue weighted by atomic mass is 32.2. The molecule has 0 unspecified atom stereocenters. The van der Waals surface area contributed by atoms with E-state index in [1.807, 2.05) is 13.8 Å². The average molecular weight is 568 g/mol. The number of benzene rings is 2. The van der Waals surface area contributed by atoms with Crippen LogP contribution < -0.4 is 4.72 Å². The molecule has 0 atom stereocenters. The van der Waals surface area contributed by atoms with Crippen LogP contribution in [-0.2, 0) is 63.9 Å². The predicted molar refractivity (Wildman–Crippen MR) is 155 cm³/mol. The van der Waals surface area contributed by atoms with E-state index >= 15 is 0 Å². The number of sulfonamides is 1. The SMILES string of the molecule is CCc1cc(-c2ccc3c(c2)COCC3)cc(C)c1CC(=O)NS(=O)(=O)c1sc(C(C)(C)O)c2c1CCCC2. The van der Waals surface area contributed by atoms with E-state index in [-0.39, 0.29) is 10.6 Å². The number of rotatable bonds is 7. The van der Waals surface area contributed by atoms with Crippen molar-refractivity contribution in [2.24, 2.45) is 0 Å². The second-order valence-corrected chi connectivity index (χ2v) is 14.1. The molecule has 2 aliphatic rings. The summed E-state index contributed by atoms with van der Waals surface area (Å²) in [6.07, 6.45) is 4.89. The van der Waals surface area contributed by atoms with Crippen LogP contribution in [0.3, 0.4) is 0 Å². The fourth-order valence-electron chi connectivity index (χ4n) is 5.87. The number of fused-ring (bicyclic) bond motifs is 2. The minimum absolute atomic E-state index is 0.0154. The summed E-state index contributed by atoms with van der Waals surface area (Å²) in [7, 11) is -4.06. The molecule has 0 radical (unpaired) electrons. The Morgan fingerprint density at radius 3 is 2.51 bits per heavy atom. The third-order valence-electron chi connectivity index (χ3n) is 7.83. The third-order valence-corrected chi connectivity index (χ3v) is 11.3. The summed E-state index contributed by atoms with van der Waals surface area (Å²) in [6.45, 7) is 8.77. The Morgan fingerprint density at radius 2 is 1.79 bits per heavy atom. The maximum atomic E-state index is 13.4. The van der Waals surface area contributed by atoms with Crippen LogP contribution in [-0.4, -0.2) is 26.0 Å². The molecule has 3 aromatic rings. The van der Waals surface area contributed by atoms with Gasteiger partial charge in [0, 0.05) is 4.88 Å². The number of aryl methyl sites for hydroxylation is 2. The molecule has 1 aromatic heterocycles. The highest BCUT2D eigenvalue weighted by Gasteiger charge is 2.34. The largest absolute Gasteiger partial charge is 0.385 e. The van der Waals surface area contributed by atoms with Crippen molar-refractivity contribution < 1.29 is 23.1 Å². The van der Waals surface area contributed by atoms with Gasteiger partial charge in [-0.2, -0.15) is 0 Å². The van der Waals surface area contributed by atoms with Crippen LogP contribution in [0, 0.1) is 6.92 Å². The normalized spacial score (nSPS) is 15.5. The quantitative estimate of drug-likeness (QED) is 0.393. The van der Waals surface area contributed by atoms with Crippen molar-refractivity contribution in [2.75, 3.05) is 6.61 Å². The highest BCUT2D eigenvalue weighted by Crippen LogP contribution is 2.42. The average Bonchev–Trinajstić information content (AvgIpc) is 3.31. The minimum atomic E-state index is -4.06. The van der Waals surface area contributed by atoms with Gasteiger partial charge in [-0.05, 0) is 115 Å². The molecule has 0 fully saturated rings. The van der Waals surface area contributed by atoms with Gasteiger partial charge in [0.25, 0.3) is 10.0 Å². The van der Waals surface area contributed by atoms with Crippen molar-refractivity contribution in [1.29, 1.82) is 0 Å². The molecule has 1 aliphatic heterocycles. The number of carbonyl (C=O) groups excluding carboxylic acids is 1. The number of aliphatic hydroxyl groups is 1. The van der Waals surface area contributed by atoms with Gasteiger partial charge in [-0.3, -0.25) is 4.79 Å².